The fraction of sp³-hybridized carbons (Fsp3) is 0.538. The lowest BCUT2D eigenvalue weighted by molar-refractivity contribution is -0.0464. The predicted molar refractivity (Wildman–Crippen MR) is 71.5 cm³/mol. The number of nitrogens with zero attached hydrogens (tertiary/aromatic N) is 1. The summed E-state index contributed by atoms with van der Waals surface area (Å²) in [7, 11) is 0. The first-order chi connectivity index (χ1) is 8.28. The number of hydrogen-bond acceptors (Lipinski definition) is 3. The molecule has 0 saturated carbocycles. The third-order valence-electron chi connectivity index (χ3n) is 2.90. The molecule has 1 aliphatic rings. The van der Waals surface area contributed by atoms with Crippen molar-refractivity contribution in [3.05, 3.63) is 28.7 Å². The van der Waals surface area contributed by atoms with E-state index in [0.29, 0.717) is 6.61 Å². The Morgan fingerprint density at radius 1 is 1.53 bits per heavy atom. The van der Waals surface area contributed by atoms with Crippen molar-refractivity contribution in [3.8, 4) is 5.75 Å². The van der Waals surface area contributed by atoms with Gasteiger partial charge in [0.25, 0.3) is 0 Å². The van der Waals surface area contributed by atoms with Crippen molar-refractivity contribution in [2.24, 2.45) is 0 Å². The lowest BCUT2D eigenvalue weighted by Crippen LogP contribution is -2.44. The highest BCUT2D eigenvalue weighted by Crippen LogP contribution is 2.18. The molecule has 0 aliphatic carbocycles. The Morgan fingerprint density at radius 3 is 3.18 bits per heavy atom. The number of halogens is 1. The van der Waals surface area contributed by atoms with Crippen LogP contribution in [0.25, 0.3) is 0 Å². The van der Waals surface area contributed by atoms with Crippen molar-refractivity contribution in [3.63, 3.8) is 0 Å². The second-order valence-electron chi connectivity index (χ2n) is 4.15. The van der Waals surface area contributed by atoms with Crippen LogP contribution >= 0.6 is 15.9 Å². The maximum absolute atomic E-state index is 5.74. The summed E-state index contributed by atoms with van der Waals surface area (Å²) >= 11 is 3.43. The van der Waals surface area contributed by atoms with Crippen LogP contribution in [0, 0.1) is 0 Å². The second kappa shape index (κ2) is 6.38. The molecule has 3 nitrogen and oxygen atoms in total. The molecule has 1 atom stereocenters. The number of morpholine rings is 1. The molecule has 1 fully saturated rings. The summed E-state index contributed by atoms with van der Waals surface area (Å²) in [5, 5.41) is 0. The maximum atomic E-state index is 5.74. The topological polar surface area (TPSA) is 21.7 Å². The summed E-state index contributed by atoms with van der Waals surface area (Å²) in [4.78, 5) is 2.39. The molecule has 94 valence electrons. The van der Waals surface area contributed by atoms with Gasteiger partial charge in [0.05, 0.1) is 6.61 Å². The van der Waals surface area contributed by atoms with Gasteiger partial charge in [-0.1, -0.05) is 28.9 Å². The molecule has 1 aromatic rings. The van der Waals surface area contributed by atoms with E-state index in [1.54, 1.807) is 0 Å². The Labute approximate surface area is 111 Å². The molecule has 0 N–H and O–H groups in total. The minimum atomic E-state index is 0.183. The molecule has 0 amide bonds. The molecule has 1 aromatic carbocycles. The van der Waals surface area contributed by atoms with Crippen molar-refractivity contribution >= 4 is 15.9 Å². The Balaban J connectivity index is 1.81. The van der Waals surface area contributed by atoms with Crippen LogP contribution in [0.4, 0.5) is 0 Å². The van der Waals surface area contributed by atoms with E-state index in [1.165, 1.54) is 0 Å². The van der Waals surface area contributed by atoms with E-state index in [9.17, 15) is 0 Å². The highest BCUT2D eigenvalue weighted by atomic mass is 79.9. The van der Waals surface area contributed by atoms with Gasteiger partial charge < -0.3 is 9.47 Å². The minimum Gasteiger partial charge on any atom is -0.491 e. The fourth-order valence-corrected chi connectivity index (χ4v) is 2.29. The van der Waals surface area contributed by atoms with Gasteiger partial charge in [0, 0.05) is 17.6 Å². The lowest BCUT2D eigenvalue weighted by atomic mass is 10.3. The summed E-state index contributed by atoms with van der Waals surface area (Å²) < 4.78 is 12.5. The summed E-state index contributed by atoms with van der Waals surface area (Å²) in [6.45, 7) is 6.68. The summed E-state index contributed by atoms with van der Waals surface area (Å²) in [5.74, 6) is 0.886. The van der Waals surface area contributed by atoms with Gasteiger partial charge in [0.1, 0.15) is 18.5 Å². The first-order valence-corrected chi connectivity index (χ1v) is 6.79. The number of benzene rings is 1. The van der Waals surface area contributed by atoms with E-state index in [2.05, 4.69) is 27.8 Å². The molecule has 4 heteroatoms. The van der Waals surface area contributed by atoms with Crippen LogP contribution in [0.15, 0.2) is 28.7 Å². The van der Waals surface area contributed by atoms with E-state index >= 15 is 0 Å². The molecule has 1 saturated heterocycles. The standard InChI is InChI=1S/C13H18BrNO2/c1-2-15-6-7-16-13(9-15)10-17-12-5-3-4-11(14)8-12/h3-5,8,13H,2,6-7,9-10H2,1H3/t13-/m0/s1. The minimum absolute atomic E-state index is 0.183. The van der Waals surface area contributed by atoms with Crippen molar-refractivity contribution in [2.75, 3.05) is 32.8 Å². The van der Waals surface area contributed by atoms with Gasteiger partial charge in [-0.3, -0.25) is 4.90 Å². The average Bonchev–Trinajstić information content (AvgIpc) is 2.37. The molecule has 0 radical (unpaired) electrons. The monoisotopic (exact) mass is 299 g/mol. The van der Waals surface area contributed by atoms with Crippen LogP contribution < -0.4 is 4.74 Å². The zero-order valence-corrected chi connectivity index (χ0v) is 11.6. The second-order valence-corrected chi connectivity index (χ2v) is 5.07. The third-order valence-corrected chi connectivity index (χ3v) is 3.40. The number of ether oxygens (including phenoxy) is 2. The molecule has 1 heterocycles. The quantitative estimate of drug-likeness (QED) is 0.853. The number of hydrogen-bond donors (Lipinski definition) is 0. The van der Waals surface area contributed by atoms with Crippen LogP contribution in [0.1, 0.15) is 6.92 Å². The Bertz CT molecular complexity index is 359. The highest BCUT2D eigenvalue weighted by Gasteiger charge is 2.19. The van der Waals surface area contributed by atoms with Gasteiger partial charge in [-0.25, -0.2) is 0 Å². The Hall–Kier alpha value is -0.580. The fourth-order valence-electron chi connectivity index (χ4n) is 1.91. The van der Waals surface area contributed by atoms with Gasteiger partial charge in [-0.05, 0) is 24.7 Å². The molecule has 1 aliphatic heterocycles. The van der Waals surface area contributed by atoms with E-state index in [4.69, 9.17) is 9.47 Å². The largest absolute Gasteiger partial charge is 0.491 e. The van der Waals surface area contributed by atoms with Crippen molar-refractivity contribution in [2.45, 2.75) is 13.0 Å². The number of rotatable bonds is 4. The van der Waals surface area contributed by atoms with E-state index in [0.717, 1.165) is 36.5 Å². The molecule has 17 heavy (non-hydrogen) atoms. The third kappa shape index (κ3) is 3.98. The molecule has 0 aromatic heterocycles. The number of likely N-dealkylation sites (N-methyl/N-ethyl adjacent to an activating group) is 1. The van der Waals surface area contributed by atoms with Crippen LogP contribution in [0.2, 0.25) is 0 Å². The van der Waals surface area contributed by atoms with Crippen LogP contribution in [0.3, 0.4) is 0 Å². The summed E-state index contributed by atoms with van der Waals surface area (Å²) in [5.41, 5.74) is 0. The van der Waals surface area contributed by atoms with Gasteiger partial charge in [-0.2, -0.15) is 0 Å². The van der Waals surface area contributed by atoms with E-state index < -0.39 is 0 Å². The summed E-state index contributed by atoms with van der Waals surface area (Å²) in [6.07, 6.45) is 0.183. The summed E-state index contributed by atoms with van der Waals surface area (Å²) in [6, 6.07) is 7.90. The van der Waals surface area contributed by atoms with Crippen LogP contribution in [-0.2, 0) is 4.74 Å². The lowest BCUT2D eigenvalue weighted by Gasteiger charge is -2.31. The van der Waals surface area contributed by atoms with Gasteiger partial charge >= 0.3 is 0 Å². The van der Waals surface area contributed by atoms with Crippen molar-refractivity contribution in [1.29, 1.82) is 0 Å². The van der Waals surface area contributed by atoms with Crippen molar-refractivity contribution in [1.82, 2.24) is 4.90 Å². The highest BCUT2D eigenvalue weighted by molar-refractivity contribution is 9.10. The molecular weight excluding hydrogens is 282 g/mol. The SMILES string of the molecule is CCN1CCO[C@H](COc2cccc(Br)c2)C1. The Morgan fingerprint density at radius 2 is 2.41 bits per heavy atom. The normalized spacial score (nSPS) is 21.4. The zero-order chi connectivity index (χ0) is 12.1. The van der Waals surface area contributed by atoms with Crippen LogP contribution in [0.5, 0.6) is 5.75 Å². The molecule has 2 rings (SSSR count). The van der Waals surface area contributed by atoms with E-state index in [-0.39, 0.29) is 6.10 Å². The Kier molecular flexibility index (Phi) is 4.83. The smallest absolute Gasteiger partial charge is 0.120 e. The predicted octanol–water partition coefficient (Wildman–Crippen LogP) is 2.55. The average molecular weight is 300 g/mol. The molecule has 0 bridgehead atoms. The van der Waals surface area contributed by atoms with Crippen molar-refractivity contribution < 1.29 is 9.47 Å². The first kappa shape index (κ1) is 12.9. The van der Waals surface area contributed by atoms with Gasteiger partial charge in [-0.15, -0.1) is 0 Å². The van der Waals surface area contributed by atoms with E-state index in [1.807, 2.05) is 24.3 Å². The molecule has 0 spiro atoms. The van der Waals surface area contributed by atoms with Gasteiger partial charge in [0.2, 0.25) is 0 Å². The first-order valence-electron chi connectivity index (χ1n) is 6.00. The zero-order valence-electron chi connectivity index (χ0n) is 10.1. The maximum Gasteiger partial charge on any atom is 0.120 e. The molecule has 0 unspecified atom stereocenters. The van der Waals surface area contributed by atoms with Gasteiger partial charge in [0.15, 0.2) is 0 Å². The molecular formula is C13H18BrNO2. The van der Waals surface area contributed by atoms with Crippen LogP contribution in [-0.4, -0.2) is 43.9 Å².